The molecule has 2 aromatic carbocycles. The van der Waals surface area contributed by atoms with Gasteiger partial charge in [-0.3, -0.25) is 19.8 Å². The number of nitrogens with one attached hydrogen (secondary N) is 1. The summed E-state index contributed by atoms with van der Waals surface area (Å²) in [5.41, 5.74) is 3.16. The topological polar surface area (TPSA) is 91.7 Å². The Labute approximate surface area is 179 Å². The van der Waals surface area contributed by atoms with Crippen molar-refractivity contribution in [3.8, 4) is 17.6 Å². The van der Waals surface area contributed by atoms with Crippen LogP contribution in [-0.4, -0.2) is 30.6 Å². The fourth-order valence-corrected chi connectivity index (χ4v) is 3.21. The second-order valence-electron chi connectivity index (χ2n) is 6.58. The first kappa shape index (κ1) is 21.0. The van der Waals surface area contributed by atoms with Crippen LogP contribution in [-0.2, 0) is 9.59 Å². The molecule has 7 nitrogen and oxygen atoms in total. The second kappa shape index (κ2) is 8.76. The maximum atomic E-state index is 13.1. The van der Waals surface area contributed by atoms with E-state index in [0.29, 0.717) is 22.7 Å². The number of hydrogen-bond donors (Lipinski definition) is 1. The Morgan fingerprint density at radius 2 is 1.90 bits per heavy atom. The number of hydrogen-bond acceptors (Lipinski definition) is 6. The van der Waals surface area contributed by atoms with Crippen molar-refractivity contribution in [1.82, 2.24) is 5.32 Å². The van der Waals surface area contributed by atoms with E-state index in [1.54, 1.807) is 24.3 Å². The van der Waals surface area contributed by atoms with E-state index < -0.39 is 11.8 Å². The number of rotatable bonds is 5. The predicted octanol–water partition coefficient (Wildman–Crippen LogP) is 3.05. The first-order valence-electron chi connectivity index (χ1n) is 9.02. The summed E-state index contributed by atoms with van der Waals surface area (Å²) in [6, 6.07) is 12.3. The second-order valence-corrected chi connectivity index (χ2v) is 6.97. The van der Waals surface area contributed by atoms with Crippen molar-refractivity contribution in [3.05, 3.63) is 58.7 Å². The zero-order valence-corrected chi connectivity index (χ0v) is 17.5. The highest BCUT2D eigenvalue weighted by Crippen LogP contribution is 2.30. The van der Waals surface area contributed by atoms with Gasteiger partial charge in [-0.15, -0.1) is 0 Å². The number of amides is 2. The van der Waals surface area contributed by atoms with Gasteiger partial charge < -0.3 is 9.47 Å². The van der Waals surface area contributed by atoms with Crippen LogP contribution in [0.15, 0.2) is 42.0 Å². The molecule has 1 fully saturated rings. The lowest BCUT2D eigenvalue weighted by molar-refractivity contribution is -0.122. The molecule has 0 bridgehead atoms. The highest BCUT2D eigenvalue weighted by Gasteiger charge is 2.34. The average Bonchev–Trinajstić information content (AvgIpc) is 2.72. The molecule has 1 aliphatic heterocycles. The Morgan fingerprint density at radius 3 is 2.57 bits per heavy atom. The van der Waals surface area contributed by atoms with E-state index >= 15 is 0 Å². The van der Waals surface area contributed by atoms with Gasteiger partial charge in [-0.1, -0.05) is 12.1 Å². The van der Waals surface area contributed by atoms with Gasteiger partial charge in [0.15, 0.2) is 23.2 Å². The van der Waals surface area contributed by atoms with E-state index in [4.69, 9.17) is 27.0 Å². The summed E-state index contributed by atoms with van der Waals surface area (Å²) in [5.74, 6) is -0.326. The SMILES string of the molecule is COc1cc(C=C2C(=O)NC(=S)N(c3ccc(C)c(C)c3)C2=O)ccc1OCC#N. The van der Waals surface area contributed by atoms with Crippen molar-refractivity contribution in [2.45, 2.75) is 13.8 Å². The molecule has 1 N–H and O–H groups in total. The molecule has 1 saturated heterocycles. The number of benzene rings is 2. The number of carbonyl (C=O) groups is 2. The van der Waals surface area contributed by atoms with Gasteiger partial charge in [0.05, 0.1) is 12.8 Å². The van der Waals surface area contributed by atoms with Crippen LogP contribution in [0, 0.1) is 25.2 Å². The Hall–Kier alpha value is -3.70. The standard InChI is InChI=1S/C22H19N3O4S/c1-13-4-6-16(10-14(13)2)25-21(27)17(20(26)24-22(25)30)11-15-5-7-18(29-9-8-23)19(12-15)28-3/h4-7,10-12H,9H2,1-3H3,(H,24,26,30). The van der Waals surface area contributed by atoms with Gasteiger partial charge in [-0.25, -0.2) is 0 Å². The lowest BCUT2D eigenvalue weighted by atomic mass is 10.0. The Balaban J connectivity index is 1.98. The van der Waals surface area contributed by atoms with Crippen molar-refractivity contribution in [2.75, 3.05) is 18.6 Å². The van der Waals surface area contributed by atoms with Gasteiger partial charge in [0.1, 0.15) is 11.6 Å². The first-order valence-corrected chi connectivity index (χ1v) is 9.43. The number of nitriles is 1. The van der Waals surface area contributed by atoms with E-state index in [2.05, 4.69) is 5.32 Å². The maximum absolute atomic E-state index is 13.1. The van der Waals surface area contributed by atoms with Crippen LogP contribution in [0.4, 0.5) is 5.69 Å². The van der Waals surface area contributed by atoms with Crippen LogP contribution < -0.4 is 19.7 Å². The fourth-order valence-electron chi connectivity index (χ4n) is 2.93. The molecule has 0 saturated carbocycles. The smallest absolute Gasteiger partial charge is 0.270 e. The van der Waals surface area contributed by atoms with Crippen LogP contribution in [0.5, 0.6) is 11.5 Å². The van der Waals surface area contributed by atoms with Crippen molar-refractivity contribution in [1.29, 1.82) is 5.26 Å². The van der Waals surface area contributed by atoms with E-state index in [0.717, 1.165) is 11.1 Å². The van der Waals surface area contributed by atoms with Crippen molar-refractivity contribution >= 4 is 40.9 Å². The van der Waals surface area contributed by atoms with Crippen LogP contribution in [0.2, 0.25) is 0 Å². The molecule has 0 aliphatic carbocycles. The monoisotopic (exact) mass is 421 g/mol. The third kappa shape index (κ3) is 4.16. The first-order chi connectivity index (χ1) is 14.3. The summed E-state index contributed by atoms with van der Waals surface area (Å²) >= 11 is 5.24. The molecule has 0 aromatic heterocycles. The van der Waals surface area contributed by atoms with Crippen molar-refractivity contribution in [3.63, 3.8) is 0 Å². The van der Waals surface area contributed by atoms with E-state index in [9.17, 15) is 9.59 Å². The Morgan fingerprint density at radius 1 is 1.13 bits per heavy atom. The molecule has 3 rings (SSSR count). The molecule has 152 valence electrons. The molecule has 30 heavy (non-hydrogen) atoms. The number of nitrogens with zero attached hydrogens (tertiary/aromatic N) is 2. The van der Waals surface area contributed by atoms with Crippen LogP contribution >= 0.6 is 12.2 Å². The van der Waals surface area contributed by atoms with E-state index in [-0.39, 0.29) is 17.3 Å². The van der Waals surface area contributed by atoms with Crippen molar-refractivity contribution < 1.29 is 19.1 Å². The minimum absolute atomic E-state index is 0.0308. The Kier molecular flexibility index (Phi) is 6.14. The number of methoxy groups -OCH3 is 1. The summed E-state index contributed by atoms with van der Waals surface area (Å²) in [4.78, 5) is 26.9. The van der Waals surface area contributed by atoms with Gasteiger partial charge >= 0.3 is 0 Å². The molecule has 0 atom stereocenters. The number of carbonyl (C=O) groups excluding carboxylic acids is 2. The molecule has 1 aliphatic rings. The average molecular weight is 421 g/mol. The summed E-state index contributed by atoms with van der Waals surface area (Å²) < 4.78 is 10.6. The predicted molar refractivity (Wildman–Crippen MR) is 116 cm³/mol. The molecule has 8 heteroatoms. The highest BCUT2D eigenvalue weighted by atomic mass is 32.1. The molecule has 2 aromatic rings. The fraction of sp³-hybridized carbons (Fsp3) is 0.182. The third-order valence-electron chi connectivity index (χ3n) is 4.64. The van der Waals surface area contributed by atoms with Crippen LogP contribution in [0.25, 0.3) is 6.08 Å². The largest absolute Gasteiger partial charge is 0.493 e. The molecule has 0 unspecified atom stereocenters. The number of thiocarbonyl (C=S) groups is 1. The van der Waals surface area contributed by atoms with Gasteiger partial charge in [0.2, 0.25) is 0 Å². The van der Waals surface area contributed by atoms with Crippen LogP contribution in [0.1, 0.15) is 16.7 Å². The normalized spacial score (nSPS) is 15.1. The molecule has 0 spiro atoms. The molecule has 0 radical (unpaired) electrons. The minimum atomic E-state index is -0.575. The van der Waals surface area contributed by atoms with Gasteiger partial charge in [-0.05, 0) is 73.1 Å². The zero-order valence-electron chi connectivity index (χ0n) is 16.7. The lowest BCUT2D eigenvalue weighted by Crippen LogP contribution is -2.54. The minimum Gasteiger partial charge on any atom is -0.493 e. The van der Waals surface area contributed by atoms with Gasteiger partial charge in [-0.2, -0.15) is 5.26 Å². The quantitative estimate of drug-likeness (QED) is 0.453. The zero-order chi connectivity index (χ0) is 21.8. The highest BCUT2D eigenvalue weighted by molar-refractivity contribution is 7.80. The van der Waals surface area contributed by atoms with Gasteiger partial charge in [0, 0.05) is 0 Å². The summed E-state index contributed by atoms with van der Waals surface area (Å²) in [6.07, 6.45) is 1.46. The third-order valence-corrected chi connectivity index (χ3v) is 4.93. The Bertz CT molecular complexity index is 1120. The maximum Gasteiger partial charge on any atom is 0.270 e. The van der Waals surface area contributed by atoms with Crippen LogP contribution in [0.3, 0.4) is 0 Å². The molecule has 2 amide bonds. The lowest BCUT2D eigenvalue weighted by Gasteiger charge is -2.29. The molecular formula is C22H19N3O4S. The number of aryl methyl sites for hydroxylation is 2. The number of anilines is 1. The molecule has 1 heterocycles. The van der Waals surface area contributed by atoms with Gasteiger partial charge in [0.25, 0.3) is 11.8 Å². The van der Waals surface area contributed by atoms with E-state index in [1.807, 2.05) is 32.0 Å². The summed E-state index contributed by atoms with van der Waals surface area (Å²) in [6.45, 7) is 3.79. The van der Waals surface area contributed by atoms with E-state index in [1.165, 1.54) is 18.1 Å². The van der Waals surface area contributed by atoms with Crippen molar-refractivity contribution in [2.24, 2.45) is 0 Å². The number of ether oxygens (including phenoxy) is 2. The summed E-state index contributed by atoms with van der Waals surface area (Å²) in [5, 5.41) is 11.3. The molecular weight excluding hydrogens is 402 g/mol. The summed E-state index contributed by atoms with van der Waals surface area (Å²) in [7, 11) is 1.46.